The largest absolute Gasteiger partial charge is 0.377 e. The van der Waals surface area contributed by atoms with Crippen molar-refractivity contribution in [3.63, 3.8) is 0 Å². The van der Waals surface area contributed by atoms with Crippen molar-refractivity contribution < 1.29 is 4.74 Å². The molecule has 0 amide bonds. The van der Waals surface area contributed by atoms with E-state index in [2.05, 4.69) is 19.2 Å². The summed E-state index contributed by atoms with van der Waals surface area (Å²) in [5.74, 6) is 0. The molecule has 0 radical (unpaired) electrons. The van der Waals surface area contributed by atoms with Crippen molar-refractivity contribution in [2.75, 3.05) is 13.7 Å². The van der Waals surface area contributed by atoms with Crippen LogP contribution in [0.1, 0.15) is 40.0 Å². The summed E-state index contributed by atoms with van der Waals surface area (Å²) in [4.78, 5) is 0. The quantitative estimate of drug-likeness (QED) is 0.637. The van der Waals surface area contributed by atoms with Gasteiger partial charge in [-0.05, 0) is 27.3 Å². The Hall–Kier alpha value is -0.0800. The Bertz CT molecular complexity index is 95.8. The average Bonchev–Trinajstić information content (AvgIpc) is 2.06. The molecule has 0 aliphatic carbocycles. The van der Waals surface area contributed by atoms with Crippen molar-refractivity contribution in [3.8, 4) is 0 Å². The van der Waals surface area contributed by atoms with Crippen molar-refractivity contribution >= 4 is 0 Å². The number of nitrogens with one attached hydrogen (secondary N) is 1. The molecule has 2 unspecified atom stereocenters. The van der Waals surface area contributed by atoms with Gasteiger partial charge in [-0.2, -0.15) is 0 Å². The molecular formula is C10H23NO. The van der Waals surface area contributed by atoms with Gasteiger partial charge in [0.2, 0.25) is 0 Å². The molecule has 0 aliphatic heterocycles. The van der Waals surface area contributed by atoms with Crippen LogP contribution in [0.25, 0.3) is 0 Å². The van der Waals surface area contributed by atoms with E-state index >= 15 is 0 Å². The number of ether oxygens (including phenoxy) is 1. The second kappa shape index (κ2) is 7.56. The summed E-state index contributed by atoms with van der Waals surface area (Å²) in [7, 11) is 2.01. The second-order valence-electron chi connectivity index (χ2n) is 3.20. The number of hydrogen-bond acceptors (Lipinski definition) is 2. The molecule has 0 saturated heterocycles. The fourth-order valence-electron chi connectivity index (χ4n) is 1.42. The zero-order valence-electron chi connectivity index (χ0n) is 8.89. The first-order valence-corrected chi connectivity index (χ1v) is 5.05. The number of unbranched alkanes of at least 4 members (excludes halogenated alkanes) is 1. The molecule has 0 aromatic rings. The molecule has 0 spiro atoms. The Morgan fingerprint density at radius 1 is 1.33 bits per heavy atom. The number of likely N-dealkylation sites (N-methyl/N-ethyl adjacent to an activating group) is 1. The third-order valence-electron chi connectivity index (χ3n) is 2.24. The lowest BCUT2D eigenvalue weighted by Gasteiger charge is -2.23. The highest BCUT2D eigenvalue weighted by atomic mass is 16.5. The molecule has 0 heterocycles. The van der Waals surface area contributed by atoms with Gasteiger partial charge in [0, 0.05) is 12.6 Å². The van der Waals surface area contributed by atoms with E-state index in [0.717, 1.165) is 6.61 Å². The van der Waals surface area contributed by atoms with Crippen LogP contribution in [0.4, 0.5) is 0 Å². The molecule has 0 fully saturated rings. The predicted octanol–water partition coefficient (Wildman–Crippen LogP) is 2.19. The van der Waals surface area contributed by atoms with Gasteiger partial charge in [-0.1, -0.05) is 19.8 Å². The molecule has 74 valence electrons. The van der Waals surface area contributed by atoms with Gasteiger partial charge < -0.3 is 10.1 Å². The molecule has 2 heteroatoms. The maximum Gasteiger partial charge on any atom is 0.0699 e. The second-order valence-corrected chi connectivity index (χ2v) is 3.20. The van der Waals surface area contributed by atoms with E-state index in [4.69, 9.17) is 4.74 Å². The topological polar surface area (TPSA) is 21.3 Å². The Morgan fingerprint density at radius 3 is 2.42 bits per heavy atom. The Morgan fingerprint density at radius 2 is 2.00 bits per heavy atom. The van der Waals surface area contributed by atoms with Crippen molar-refractivity contribution in [2.24, 2.45) is 0 Å². The van der Waals surface area contributed by atoms with E-state index in [-0.39, 0.29) is 0 Å². The van der Waals surface area contributed by atoms with Crippen LogP contribution in [0.15, 0.2) is 0 Å². The lowest BCUT2D eigenvalue weighted by Crippen LogP contribution is -2.37. The van der Waals surface area contributed by atoms with E-state index < -0.39 is 0 Å². The SMILES string of the molecule is CCCCC(NC)C(C)OCC. The monoisotopic (exact) mass is 173 g/mol. The molecule has 1 N–H and O–H groups in total. The molecule has 0 saturated carbocycles. The van der Waals surface area contributed by atoms with Crippen molar-refractivity contribution in [2.45, 2.75) is 52.2 Å². The Balaban J connectivity index is 3.62. The fraction of sp³-hybridized carbons (Fsp3) is 1.00. The summed E-state index contributed by atoms with van der Waals surface area (Å²) in [6.45, 7) is 7.22. The maximum absolute atomic E-state index is 5.53. The highest BCUT2D eigenvalue weighted by Crippen LogP contribution is 2.07. The molecule has 0 aliphatic rings. The summed E-state index contributed by atoms with van der Waals surface area (Å²) in [5, 5.41) is 3.30. The van der Waals surface area contributed by atoms with E-state index in [1.165, 1.54) is 19.3 Å². The Labute approximate surface area is 76.7 Å². The van der Waals surface area contributed by atoms with Gasteiger partial charge in [0.05, 0.1) is 6.10 Å². The minimum atomic E-state index is 0.339. The van der Waals surface area contributed by atoms with Crippen LogP contribution in [0.5, 0.6) is 0 Å². The molecule has 2 atom stereocenters. The van der Waals surface area contributed by atoms with E-state index in [0.29, 0.717) is 12.1 Å². The van der Waals surface area contributed by atoms with Crippen molar-refractivity contribution in [3.05, 3.63) is 0 Å². The summed E-state index contributed by atoms with van der Waals surface area (Å²) < 4.78 is 5.53. The van der Waals surface area contributed by atoms with Gasteiger partial charge in [-0.3, -0.25) is 0 Å². The third kappa shape index (κ3) is 4.73. The van der Waals surface area contributed by atoms with Crippen LogP contribution in [0.3, 0.4) is 0 Å². The number of rotatable bonds is 7. The zero-order chi connectivity index (χ0) is 9.40. The van der Waals surface area contributed by atoms with E-state index in [1.807, 2.05) is 14.0 Å². The van der Waals surface area contributed by atoms with Crippen molar-refractivity contribution in [1.29, 1.82) is 0 Å². The molecule has 0 aromatic carbocycles. The smallest absolute Gasteiger partial charge is 0.0699 e. The van der Waals surface area contributed by atoms with Gasteiger partial charge in [-0.15, -0.1) is 0 Å². The summed E-state index contributed by atoms with van der Waals surface area (Å²) in [6, 6.07) is 0.518. The highest BCUT2D eigenvalue weighted by Gasteiger charge is 2.13. The first-order chi connectivity index (χ1) is 5.76. The van der Waals surface area contributed by atoms with Gasteiger partial charge in [-0.25, -0.2) is 0 Å². The summed E-state index contributed by atoms with van der Waals surface area (Å²) in [6.07, 6.45) is 4.10. The average molecular weight is 173 g/mol. The normalized spacial score (nSPS) is 16.0. The first kappa shape index (κ1) is 11.9. The molecule has 2 nitrogen and oxygen atoms in total. The molecule has 0 bridgehead atoms. The van der Waals surface area contributed by atoms with Crippen LogP contribution in [-0.4, -0.2) is 25.8 Å². The predicted molar refractivity (Wildman–Crippen MR) is 53.5 cm³/mol. The maximum atomic E-state index is 5.53. The first-order valence-electron chi connectivity index (χ1n) is 5.05. The fourth-order valence-corrected chi connectivity index (χ4v) is 1.42. The van der Waals surface area contributed by atoms with E-state index in [9.17, 15) is 0 Å². The van der Waals surface area contributed by atoms with Gasteiger partial charge in [0.25, 0.3) is 0 Å². The van der Waals surface area contributed by atoms with Crippen LogP contribution in [-0.2, 0) is 4.74 Å². The van der Waals surface area contributed by atoms with Crippen LogP contribution < -0.4 is 5.32 Å². The standard InChI is InChI=1S/C10H23NO/c1-5-7-8-10(11-4)9(3)12-6-2/h9-11H,5-8H2,1-4H3. The lowest BCUT2D eigenvalue weighted by atomic mass is 10.1. The molecule has 12 heavy (non-hydrogen) atoms. The molecular weight excluding hydrogens is 150 g/mol. The third-order valence-corrected chi connectivity index (χ3v) is 2.24. The van der Waals surface area contributed by atoms with Gasteiger partial charge in [0.1, 0.15) is 0 Å². The van der Waals surface area contributed by atoms with Crippen LogP contribution in [0.2, 0.25) is 0 Å². The van der Waals surface area contributed by atoms with Crippen LogP contribution >= 0.6 is 0 Å². The summed E-state index contributed by atoms with van der Waals surface area (Å²) >= 11 is 0. The van der Waals surface area contributed by atoms with E-state index in [1.54, 1.807) is 0 Å². The summed E-state index contributed by atoms with van der Waals surface area (Å²) in [5.41, 5.74) is 0. The van der Waals surface area contributed by atoms with Gasteiger partial charge >= 0.3 is 0 Å². The Kier molecular flexibility index (Phi) is 7.51. The lowest BCUT2D eigenvalue weighted by molar-refractivity contribution is 0.0468. The minimum Gasteiger partial charge on any atom is -0.377 e. The number of hydrogen-bond donors (Lipinski definition) is 1. The zero-order valence-corrected chi connectivity index (χ0v) is 8.89. The molecule has 0 rings (SSSR count). The minimum absolute atomic E-state index is 0.339. The highest BCUT2D eigenvalue weighted by molar-refractivity contribution is 4.71. The molecule has 0 aromatic heterocycles. The van der Waals surface area contributed by atoms with Crippen LogP contribution in [0, 0.1) is 0 Å². The van der Waals surface area contributed by atoms with Gasteiger partial charge in [0.15, 0.2) is 0 Å². The van der Waals surface area contributed by atoms with Crippen molar-refractivity contribution in [1.82, 2.24) is 5.32 Å².